The molecule has 2 heterocycles. The second kappa shape index (κ2) is 6.62. The molecule has 1 aliphatic heterocycles. The maximum absolute atomic E-state index is 12.4. The van der Waals surface area contributed by atoms with Gasteiger partial charge in [-0.15, -0.1) is 0 Å². The number of hydrogen-bond acceptors (Lipinski definition) is 3. The van der Waals surface area contributed by atoms with Crippen molar-refractivity contribution in [3.8, 4) is 0 Å². The first-order valence-electron chi connectivity index (χ1n) is 7.88. The number of halogens is 1. The maximum Gasteiger partial charge on any atom is 0.251 e. The number of amides is 1. The minimum absolute atomic E-state index is 0.103. The number of nitrogens with one attached hydrogen (secondary N) is 1. The summed E-state index contributed by atoms with van der Waals surface area (Å²) in [6.45, 7) is 4.00. The zero-order valence-corrected chi connectivity index (χ0v) is 14.2. The van der Waals surface area contributed by atoms with Crippen molar-refractivity contribution in [2.75, 3.05) is 18.0 Å². The summed E-state index contributed by atoms with van der Waals surface area (Å²) in [5.74, 6) is -0.128. The number of carbonyl (C=O) groups excluding carboxylic acids is 1. The fourth-order valence-corrected chi connectivity index (χ4v) is 3.19. The van der Waals surface area contributed by atoms with Crippen molar-refractivity contribution in [1.29, 1.82) is 0 Å². The van der Waals surface area contributed by atoms with Crippen LogP contribution in [0.25, 0.3) is 0 Å². The molecule has 0 saturated carbocycles. The Kier molecular flexibility index (Phi) is 4.57. The lowest BCUT2D eigenvalue weighted by Crippen LogP contribution is -2.26. The first-order chi connectivity index (χ1) is 11.0. The van der Waals surface area contributed by atoms with Crippen LogP contribution in [0.1, 0.15) is 41.7 Å². The predicted octanol–water partition coefficient (Wildman–Crippen LogP) is 3.16. The highest BCUT2D eigenvalue weighted by molar-refractivity contribution is 6.33. The first kappa shape index (κ1) is 15.9. The quantitative estimate of drug-likeness (QED) is 0.935. The highest BCUT2D eigenvalue weighted by Crippen LogP contribution is 2.29. The van der Waals surface area contributed by atoms with Gasteiger partial charge in [-0.25, -0.2) is 0 Å². The molecule has 1 atom stereocenters. The van der Waals surface area contributed by atoms with E-state index in [9.17, 15) is 4.79 Å². The summed E-state index contributed by atoms with van der Waals surface area (Å²) in [5, 5.41) is 7.74. The Bertz CT molecular complexity index is 706. The molecule has 1 amide bonds. The van der Waals surface area contributed by atoms with Crippen LogP contribution in [-0.4, -0.2) is 28.8 Å². The number of aryl methyl sites for hydroxylation is 1. The number of hydrogen-bond donors (Lipinski definition) is 1. The van der Waals surface area contributed by atoms with Crippen LogP contribution in [0.5, 0.6) is 0 Å². The summed E-state index contributed by atoms with van der Waals surface area (Å²) in [6.07, 6.45) is 6.05. The molecule has 1 aromatic carbocycles. The number of carbonyl (C=O) groups is 1. The van der Waals surface area contributed by atoms with Crippen LogP contribution in [-0.2, 0) is 7.05 Å². The molecule has 1 aromatic heterocycles. The van der Waals surface area contributed by atoms with Gasteiger partial charge in [0, 0.05) is 37.5 Å². The van der Waals surface area contributed by atoms with Crippen molar-refractivity contribution in [2.24, 2.45) is 7.05 Å². The Balaban J connectivity index is 1.71. The molecule has 1 fully saturated rings. The van der Waals surface area contributed by atoms with Crippen molar-refractivity contribution < 1.29 is 4.79 Å². The summed E-state index contributed by atoms with van der Waals surface area (Å²) in [6, 6.07) is 5.43. The number of nitrogens with zero attached hydrogens (tertiary/aromatic N) is 3. The number of rotatable bonds is 4. The fraction of sp³-hybridized carbons (Fsp3) is 0.412. The second-order valence-corrected chi connectivity index (χ2v) is 6.41. The molecule has 1 N–H and O–H groups in total. The molecular formula is C17H21ClN4O. The van der Waals surface area contributed by atoms with E-state index < -0.39 is 0 Å². The Labute approximate surface area is 141 Å². The molecule has 1 saturated heterocycles. The Morgan fingerprint density at radius 2 is 2.09 bits per heavy atom. The highest BCUT2D eigenvalue weighted by Gasteiger charge is 2.18. The van der Waals surface area contributed by atoms with Gasteiger partial charge in [-0.2, -0.15) is 5.10 Å². The van der Waals surface area contributed by atoms with Gasteiger partial charge in [-0.3, -0.25) is 9.48 Å². The van der Waals surface area contributed by atoms with Crippen molar-refractivity contribution >= 4 is 23.2 Å². The van der Waals surface area contributed by atoms with Crippen LogP contribution in [0.15, 0.2) is 30.6 Å². The molecule has 23 heavy (non-hydrogen) atoms. The van der Waals surface area contributed by atoms with Gasteiger partial charge < -0.3 is 10.2 Å². The fourth-order valence-electron chi connectivity index (χ4n) is 2.89. The van der Waals surface area contributed by atoms with E-state index >= 15 is 0 Å². The maximum atomic E-state index is 12.4. The lowest BCUT2D eigenvalue weighted by Gasteiger charge is -2.20. The van der Waals surface area contributed by atoms with Gasteiger partial charge in [0.2, 0.25) is 0 Å². The molecule has 122 valence electrons. The van der Waals surface area contributed by atoms with Gasteiger partial charge in [-0.1, -0.05) is 11.6 Å². The van der Waals surface area contributed by atoms with Gasteiger partial charge in [0.1, 0.15) is 0 Å². The molecular weight excluding hydrogens is 312 g/mol. The molecule has 3 rings (SSSR count). The van der Waals surface area contributed by atoms with Gasteiger partial charge in [0.25, 0.3) is 5.91 Å². The van der Waals surface area contributed by atoms with Crippen LogP contribution >= 0.6 is 11.6 Å². The normalized spacial score (nSPS) is 15.7. The SMILES string of the molecule is C[C@@H](NC(=O)c1ccc(N2CCCC2)c(Cl)c1)c1cnn(C)c1. The molecule has 6 heteroatoms. The first-order valence-corrected chi connectivity index (χ1v) is 8.26. The van der Waals surface area contributed by atoms with Crippen LogP contribution in [0, 0.1) is 0 Å². The van der Waals surface area contributed by atoms with Gasteiger partial charge in [0.15, 0.2) is 0 Å². The zero-order valence-electron chi connectivity index (χ0n) is 13.4. The predicted molar refractivity (Wildman–Crippen MR) is 92.0 cm³/mol. The van der Waals surface area contributed by atoms with Crippen LogP contribution < -0.4 is 10.2 Å². The van der Waals surface area contributed by atoms with Crippen LogP contribution in [0.2, 0.25) is 5.02 Å². The molecule has 0 radical (unpaired) electrons. The molecule has 2 aromatic rings. The monoisotopic (exact) mass is 332 g/mol. The minimum Gasteiger partial charge on any atom is -0.370 e. The Morgan fingerprint density at radius 3 is 2.70 bits per heavy atom. The summed E-state index contributed by atoms with van der Waals surface area (Å²) < 4.78 is 1.72. The average Bonchev–Trinajstić information content (AvgIpc) is 3.18. The number of aromatic nitrogens is 2. The second-order valence-electron chi connectivity index (χ2n) is 6.00. The van der Waals surface area contributed by atoms with E-state index in [0.29, 0.717) is 10.6 Å². The Hall–Kier alpha value is -2.01. The molecule has 1 aliphatic rings. The lowest BCUT2D eigenvalue weighted by molar-refractivity contribution is 0.0940. The van der Waals surface area contributed by atoms with Crippen LogP contribution in [0.3, 0.4) is 0 Å². The van der Waals surface area contributed by atoms with E-state index in [1.54, 1.807) is 16.9 Å². The molecule has 0 bridgehead atoms. The zero-order chi connectivity index (χ0) is 16.4. The third-order valence-electron chi connectivity index (χ3n) is 4.23. The smallest absolute Gasteiger partial charge is 0.251 e. The van der Waals surface area contributed by atoms with Crippen LogP contribution in [0.4, 0.5) is 5.69 Å². The van der Waals surface area contributed by atoms with E-state index in [1.807, 2.05) is 32.3 Å². The Morgan fingerprint density at radius 1 is 1.35 bits per heavy atom. The number of benzene rings is 1. The van der Waals surface area contributed by atoms with E-state index in [0.717, 1.165) is 24.3 Å². The lowest BCUT2D eigenvalue weighted by atomic mass is 10.1. The summed E-state index contributed by atoms with van der Waals surface area (Å²) >= 11 is 6.38. The number of anilines is 1. The average molecular weight is 333 g/mol. The molecule has 5 nitrogen and oxygen atoms in total. The third-order valence-corrected chi connectivity index (χ3v) is 4.53. The van der Waals surface area contributed by atoms with Crippen molar-refractivity contribution in [1.82, 2.24) is 15.1 Å². The van der Waals surface area contributed by atoms with Gasteiger partial charge >= 0.3 is 0 Å². The van der Waals surface area contributed by atoms with Gasteiger partial charge in [0.05, 0.1) is 22.9 Å². The molecule has 0 spiro atoms. The van der Waals surface area contributed by atoms with E-state index in [1.165, 1.54) is 12.8 Å². The molecule has 0 aliphatic carbocycles. The standard InChI is InChI=1S/C17H21ClN4O/c1-12(14-10-19-21(2)11-14)20-17(23)13-5-6-16(15(18)9-13)22-7-3-4-8-22/h5-6,9-12H,3-4,7-8H2,1-2H3,(H,20,23)/t12-/m1/s1. The van der Waals surface area contributed by atoms with Crippen molar-refractivity contribution in [3.05, 3.63) is 46.7 Å². The van der Waals surface area contributed by atoms with Crippen molar-refractivity contribution in [3.63, 3.8) is 0 Å². The van der Waals surface area contributed by atoms with Crippen molar-refractivity contribution in [2.45, 2.75) is 25.8 Å². The summed E-state index contributed by atoms with van der Waals surface area (Å²) in [4.78, 5) is 14.7. The highest BCUT2D eigenvalue weighted by atomic mass is 35.5. The van der Waals surface area contributed by atoms with E-state index in [2.05, 4.69) is 15.3 Å². The third kappa shape index (κ3) is 3.50. The van der Waals surface area contributed by atoms with Gasteiger partial charge in [-0.05, 0) is 38.0 Å². The topological polar surface area (TPSA) is 50.2 Å². The summed E-state index contributed by atoms with van der Waals surface area (Å²) in [5.41, 5.74) is 2.57. The molecule has 0 unspecified atom stereocenters. The summed E-state index contributed by atoms with van der Waals surface area (Å²) in [7, 11) is 1.86. The van der Waals surface area contributed by atoms with E-state index in [-0.39, 0.29) is 11.9 Å². The minimum atomic E-state index is -0.128. The van der Waals surface area contributed by atoms with E-state index in [4.69, 9.17) is 11.6 Å². The largest absolute Gasteiger partial charge is 0.370 e.